The minimum atomic E-state index is -3.61. The van der Waals surface area contributed by atoms with Crippen molar-refractivity contribution in [1.29, 1.82) is 0 Å². The molecule has 0 saturated carbocycles. The number of aromatic nitrogens is 3. The summed E-state index contributed by atoms with van der Waals surface area (Å²) in [5, 5.41) is 8.52. The van der Waals surface area contributed by atoms with Crippen LogP contribution in [-0.4, -0.2) is 36.7 Å². The molecule has 1 N–H and O–H groups in total. The van der Waals surface area contributed by atoms with Crippen LogP contribution in [0.1, 0.15) is 16.8 Å². The van der Waals surface area contributed by atoms with Crippen LogP contribution in [0, 0.1) is 13.8 Å². The molecule has 0 aliphatic heterocycles. The highest BCUT2D eigenvalue weighted by Crippen LogP contribution is 2.27. The molecule has 0 amide bonds. The van der Waals surface area contributed by atoms with Crippen molar-refractivity contribution in [3.05, 3.63) is 51.8 Å². The quantitative estimate of drug-likeness (QED) is 0.466. The van der Waals surface area contributed by atoms with E-state index in [2.05, 4.69) is 14.8 Å². The van der Waals surface area contributed by atoms with Gasteiger partial charge in [-0.15, -0.1) is 27.8 Å². The second kappa shape index (κ2) is 7.86. The van der Waals surface area contributed by atoms with Crippen molar-refractivity contribution in [1.82, 2.24) is 19.3 Å². The highest BCUT2D eigenvalue weighted by atomic mass is 32.2. The van der Waals surface area contributed by atoms with Gasteiger partial charge in [0, 0.05) is 18.3 Å². The summed E-state index contributed by atoms with van der Waals surface area (Å²) in [7, 11) is -2.03. The van der Waals surface area contributed by atoms with Gasteiger partial charge in [-0.3, -0.25) is 0 Å². The van der Waals surface area contributed by atoms with Crippen molar-refractivity contribution < 1.29 is 13.2 Å². The van der Waals surface area contributed by atoms with Gasteiger partial charge in [-0.05, 0) is 48.6 Å². The maximum Gasteiger partial charge on any atom is 0.240 e. The Labute approximate surface area is 177 Å². The minimum absolute atomic E-state index is 0.240. The Morgan fingerprint density at radius 1 is 1.21 bits per heavy atom. The maximum absolute atomic E-state index is 12.7. The normalized spacial score (nSPS) is 12.0. The van der Waals surface area contributed by atoms with Gasteiger partial charge in [0.25, 0.3) is 0 Å². The summed E-state index contributed by atoms with van der Waals surface area (Å²) in [6.07, 6.45) is 0.514. The predicted molar refractivity (Wildman–Crippen MR) is 116 cm³/mol. The molecule has 0 spiro atoms. The summed E-state index contributed by atoms with van der Waals surface area (Å²) in [5.41, 5.74) is 2.50. The van der Waals surface area contributed by atoms with Crippen LogP contribution in [-0.2, 0) is 16.4 Å². The van der Waals surface area contributed by atoms with E-state index in [1.165, 1.54) is 11.3 Å². The fraction of sp³-hybridized carbons (Fsp3) is 0.263. The highest BCUT2D eigenvalue weighted by molar-refractivity contribution is 7.89. The fourth-order valence-electron chi connectivity index (χ4n) is 3.19. The number of methoxy groups -OCH3 is 1. The van der Waals surface area contributed by atoms with Crippen molar-refractivity contribution in [3.63, 3.8) is 0 Å². The van der Waals surface area contributed by atoms with E-state index >= 15 is 0 Å². The number of nitrogens with zero attached hydrogens (tertiary/aromatic N) is 3. The number of rotatable bonds is 7. The molecular weight excluding hydrogens is 428 g/mol. The topological polar surface area (TPSA) is 85.6 Å². The van der Waals surface area contributed by atoms with E-state index in [0.717, 1.165) is 26.7 Å². The molecule has 4 aromatic rings. The third kappa shape index (κ3) is 3.93. The summed E-state index contributed by atoms with van der Waals surface area (Å²) in [5.74, 6) is 1.40. The largest absolute Gasteiger partial charge is 0.496 e. The van der Waals surface area contributed by atoms with E-state index in [-0.39, 0.29) is 11.4 Å². The Balaban J connectivity index is 1.48. The molecule has 0 atom stereocenters. The maximum atomic E-state index is 12.7. The zero-order chi connectivity index (χ0) is 20.6. The van der Waals surface area contributed by atoms with Crippen LogP contribution in [0.4, 0.5) is 0 Å². The van der Waals surface area contributed by atoms with Gasteiger partial charge in [0.15, 0.2) is 5.82 Å². The second-order valence-electron chi connectivity index (χ2n) is 6.57. The van der Waals surface area contributed by atoms with E-state index in [9.17, 15) is 8.42 Å². The molecule has 29 heavy (non-hydrogen) atoms. The number of ether oxygens (including phenoxy) is 1. The Morgan fingerprint density at radius 3 is 2.62 bits per heavy atom. The third-order valence-electron chi connectivity index (χ3n) is 4.51. The van der Waals surface area contributed by atoms with Crippen LogP contribution < -0.4 is 9.46 Å². The molecule has 1 aromatic carbocycles. The van der Waals surface area contributed by atoms with Crippen molar-refractivity contribution in [2.75, 3.05) is 13.7 Å². The Bertz CT molecular complexity index is 1230. The number of thiophene rings is 1. The van der Waals surface area contributed by atoms with E-state index in [1.54, 1.807) is 35.1 Å². The number of sulfonamides is 1. The molecule has 7 nitrogen and oxygen atoms in total. The van der Waals surface area contributed by atoms with Crippen molar-refractivity contribution in [3.8, 4) is 16.5 Å². The van der Waals surface area contributed by atoms with Gasteiger partial charge in [-0.2, -0.15) is 4.98 Å². The predicted octanol–water partition coefficient (Wildman–Crippen LogP) is 3.67. The summed E-state index contributed by atoms with van der Waals surface area (Å²) in [4.78, 5) is 6.60. The summed E-state index contributed by atoms with van der Waals surface area (Å²) < 4.78 is 35.2. The molecule has 3 heterocycles. The number of thiazole rings is 1. The number of fused-ring (bicyclic) bond motifs is 1. The monoisotopic (exact) mass is 448 g/mol. The van der Waals surface area contributed by atoms with Gasteiger partial charge >= 0.3 is 0 Å². The lowest BCUT2D eigenvalue weighted by atomic mass is 10.1. The van der Waals surface area contributed by atoms with Crippen LogP contribution in [0.2, 0.25) is 0 Å². The molecule has 0 aliphatic rings. The van der Waals surface area contributed by atoms with Gasteiger partial charge in [-0.1, -0.05) is 6.07 Å². The molecule has 10 heteroatoms. The highest BCUT2D eigenvalue weighted by Gasteiger charge is 2.18. The van der Waals surface area contributed by atoms with Gasteiger partial charge in [-0.25, -0.2) is 17.7 Å². The number of nitrogens with one attached hydrogen (secondary N) is 1. The van der Waals surface area contributed by atoms with Crippen LogP contribution >= 0.6 is 22.7 Å². The molecule has 0 aliphatic carbocycles. The Hall–Kier alpha value is -2.27. The first-order chi connectivity index (χ1) is 13.9. The first-order valence-electron chi connectivity index (χ1n) is 8.91. The number of aryl methyl sites for hydroxylation is 2. The van der Waals surface area contributed by atoms with Crippen molar-refractivity contribution >= 4 is 37.7 Å². The summed E-state index contributed by atoms with van der Waals surface area (Å²) >= 11 is 3.09. The summed E-state index contributed by atoms with van der Waals surface area (Å²) in [6.45, 7) is 3.94. The van der Waals surface area contributed by atoms with Crippen LogP contribution in [0.25, 0.3) is 15.7 Å². The fourth-order valence-corrected chi connectivity index (χ4v) is 5.90. The minimum Gasteiger partial charge on any atom is -0.496 e. The molecule has 3 aromatic heterocycles. The molecule has 0 saturated heterocycles. The van der Waals surface area contributed by atoms with Crippen LogP contribution in [0.3, 0.4) is 0 Å². The SMILES string of the molecule is COc1c(C)cc(S(=O)(=O)NCCc2csc3nc(-c4cccs4)nn23)cc1C. The number of hydrogen-bond donors (Lipinski definition) is 1. The third-order valence-corrected chi connectivity index (χ3v) is 7.68. The molecule has 0 unspecified atom stereocenters. The van der Waals surface area contributed by atoms with Gasteiger partial charge in [0.1, 0.15) is 5.75 Å². The summed E-state index contributed by atoms with van der Waals surface area (Å²) in [6, 6.07) is 7.20. The second-order valence-corrected chi connectivity index (χ2v) is 10.1. The zero-order valence-electron chi connectivity index (χ0n) is 16.2. The molecule has 0 fully saturated rings. The molecule has 152 valence electrons. The average molecular weight is 449 g/mol. The smallest absolute Gasteiger partial charge is 0.240 e. The number of hydrogen-bond acceptors (Lipinski definition) is 7. The van der Waals surface area contributed by atoms with Crippen LogP contribution in [0.15, 0.2) is 39.9 Å². The first kappa shape index (κ1) is 20.0. The molecule has 0 bridgehead atoms. The number of benzene rings is 1. The van der Waals surface area contributed by atoms with Crippen molar-refractivity contribution in [2.45, 2.75) is 25.2 Å². The molecule has 4 rings (SSSR count). The zero-order valence-corrected chi connectivity index (χ0v) is 18.6. The van der Waals surface area contributed by atoms with Crippen LogP contribution in [0.5, 0.6) is 5.75 Å². The molecular formula is C19H20N4O3S3. The van der Waals surface area contributed by atoms with E-state index < -0.39 is 10.0 Å². The van der Waals surface area contributed by atoms with E-state index in [1.807, 2.05) is 36.7 Å². The van der Waals surface area contributed by atoms with Gasteiger partial charge in [0.05, 0.1) is 22.6 Å². The lowest BCUT2D eigenvalue weighted by Crippen LogP contribution is -2.26. The van der Waals surface area contributed by atoms with Gasteiger partial charge < -0.3 is 4.74 Å². The Kier molecular flexibility index (Phi) is 5.43. The van der Waals surface area contributed by atoms with E-state index in [0.29, 0.717) is 18.0 Å². The lowest BCUT2D eigenvalue weighted by molar-refractivity contribution is 0.408. The first-order valence-corrected chi connectivity index (χ1v) is 12.1. The van der Waals surface area contributed by atoms with Gasteiger partial charge in [0.2, 0.25) is 15.0 Å². The standard InChI is InChI=1S/C19H20N4O3S3/c1-12-9-15(10-13(2)17(12)26-3)29(24,25)20-7-6-14-11-28-19-21-18(22-23(14)19)16-5-4-8-27-16/h4-5,8-11,20H,6-7H2,1-3H3. The average Bonchev–Trinajstić information content (AvgIpc) is 3.39. The Morgan fingerprint density at radius 2 is 1.97 bits per heavy atom. The molecule has 0 radical (unpaired) electrons. The lowest BCUT2D eigenvalue weighted by Gasteiger charge is -2.12. The van der Waals surface area contributed by atoms with Crippen molar-refractivity contribution in [2.24, 2.45) is 0 Å². The van der Waals surface area contributed by atoms with E-state index in [4.69, 9.17) is 4.74 Å².